The van der Waals surface area contributed by atoms with Crippen molar-refractivity contribution in [3.05, 3.63) is 110 Å². The van der Waals surface area contributed by atoms with Crippen molar-refractivity contribution in [3.8, 4) is 17.2 Å². The quantitative estimate of drug-likeness (QED) is 0.193. The van der Waals surface area contributed by atoms with Crippen LogP contribution in [0, 0.1) is 20.8 Å². The van der Waals surface area contributed by atoms with Crippen molar-refractivity contribution >= 4 is 11.8 Å². The summed E-state index contributed by atoms with van der Waals surface area (Å²) < 4.78 is 0. The second-order valence-corrected chi connectivity index (χ2v) is 23.9. The monoisotopic (exact) mass is 795 g/mol. The fraction of sp³-hybridized carbons (Fsp3) is 0.547. The SMILES string of the molecule is CC(c1cc(C(C)(C)C)cc(C(C)(C)C)c1O)c1cc(C(C)(C)C)cc(C(C)(C)C)c1O.Cc1cc(C)c(C(C)(C)C)cc1Sc1cc(C(C)(C)C)c(O)cc1C. The van der Waals surface area contributed by atoms with Gasteiger partial charge in [-0.05, 0) is 116 Å². The normalized spacial score (nSPS) is 13.2. The van der Waals surface area contributed by atoms with Crippen molar-refractivity contribution in [2.24, 2.45) is 0 Å². The third kappa shape index (κ3) is 11.4. The molecule has 57 heavy (non-hydrogen) atoms. The van der Waals surface area contributed by atoms with E-state index in [-0.39, 0.29) is 38.4 Å². The van der Waals surface area contributed by atoms with E-state index in [0.717, 1.165) is 33.4 Å². The van der Waals surface area contributed by atoms with Gasteiger partial charge < -0.3 is 15.3 Å². The van der Waals surface area contributed by atoms with Crippen LogP contribution in [0.15, 0.2) is 58.3 Å². The standard InChI is InChI=1S/C30H46O2.C23H32OS/c1-18(21-14-19(27(2,3)4)16-23(25(21)31)29(8,9)10)22-15-20(28(5,6)7)17-24(26(22)32)30(11,12)13;1-14-10-15(2)20(12-17(14)22(4,5)6)25-21-13-18(23(7,8)9)19(24)11-16(21)3/h14-18,31-32H,1-13H3;10-13,24H,1-9H3. The highest BCUT2D eigenvalue weighted by molar-refractivity contribution is 7.99. The smallest absolute Gasteiger partial charge is 0.123 e. The molecule has 0 aromatic heterocycles. The number of hydrogen-bond donors (Lipinski definition) is 3. The van der Waals surface area contributed by atoms with Gasteiger partial charge in [-0.25, -0.2) is 0 Å². The molecular weight excluding hydrogens is 717 g/mol. The highest BCUT2D eigenvalue weighted by Gasteiger charge is 2.31. The molecule has 0 radical (unpaired) electrons. The highest BCUT2D eigenvalue weighted by atomic mass is 32.2. The maximum atomic E-state index is 11.4. The summed E-state index contributed by atoms with van der Waals surface area (Å²) in [5.41, 5.74) is 11.8. The van der Waals surface area contributed by atoms with Gasteiger partial charge in [-0.3, -0.25) is 0 Å². The third-order valence-corrected chi connectivity index (χ3v) is 12.5. The van der Waals surface area contributed by atoms with Crippen LogP contribution in [0.3, 0.4) is 0 Å². The van der Waals surface area contributed by atoms with Crippen LogP contribution >= 0.6 is 11.8 Å². The predicted octanol–water partition coefficient (Wildman–Crippen LogP) is 15.5. The Bertz CT molecular complexity index is 1930. The summed E-state index contributed by atoms with van der Waals surface area (Å²) in [7, 11) is 0. The Labute approximate surface area is 353 Å². The summed E-state index contributed by atoms with van der Waals surface area (Å²) in [4.78, 5) is 2.51. The molecular formula is C53H78O3S. The topological polar surface area (TPSA) is 60.7 Å². The molecule has 0 spiro atoms. The summed E-state index contributed by atoms with van der Waals surface area (Å²) in [6, 6.07) is 17.3. The lowest BCUT2D eigenvalue weighted by Gasteiger charge is -2.31. The van der Waals surface area contributed by atoms with Crippen LogP contribution in [0.5, 0.6) is 17.2 Å². The van der Waals surface area contributed by atoms with E-state index in [4.69, 9.17) is 0 Å². The van der Waals surface area contributed by atoms with Crippen LogP contribution in [-0.2, 0) is 32.5 Å². The van der Waals surface area contributed by atoms with Crippen molar-refractivity contribution in [3.63, 3.8) is 0 Å². The zero-order valence-corrected chi connectivity index (χ0v) is 40.8. The lowest BCUT2D eigenvalue weighted by Crippen LogP contribution is -2.19. The van der Waals surface area contributed by atoms with E-state index in [1.165, 1.54) is 37.6 Å². The van der Waals surface area contributed by atoms with Gasteiger partial charge in [0.1, 0.15) is 17.2 Å². The Kier molecular flexibility index (Phi) is 13.8. The van der Waals surface area contributed by atoms with E-state index >= 15 is 0 Å². The minimum absolute atomic E-state index is 0.0476. The van der Waals surface area contributed by atoms with E-state index < -0.39 is 0 Å². The van der Waals surface area contributed by atoms with E-state index in [1.54, 1.807) is 0 Å². The Balaban J connectivity index is 0.000000315. The lowest BCUT2D eigenvalue weighted by molar-refractivity contribution is 0.427. The van der Waals surface area contributed by atoms with E-state index in [9.17, 15) is 15.3 Å². The number of phenolic OH excluding ortho intramolecular Hbond substituents is 3. The molecule has 4 aromatic rings. The number of benzene rings is 4. The van der Waals surface area contributed by atoms with E-state index in [2.05, 4.69) is 195 Å². The molecule has 4 aromatic carbocycles. The van der Waals surface area contributed by atoms with Crippen molar-refractivity contribution in [1.29, 1.82) is 0 Å². The van der Waals surface area contributed by atoms with E-state index in [0.29, 0.717) is 17.2 Å². The van der Waals surface area contributed by atoms with Crippen molar-refractivity contribution < 1.29 is 15.3 Å². The Morgan fingerprint density at radius 2 is 0.719 bits per heavy atom. The third-order valence-electron chi connectivity index (χ3n) is 11.2. The zero-order valence-electron chi connectivity index (χ0n) is 39.9. The van der Waals surface area contributed by atoms with Gasteiger partial charge >= 0.3 is 0 Å². The molecule has 0 aliphatic heterocycles. The summed E-state index contributed by atoms with van der Waals surface area (Å²) in [5.74, 6) is 0.930. The number of phenols is 3. The molecule has 0 aliphatic carbocycles. The molecule has 0 unspecified atom stereocenters. The lowest BCUT2D eigenvalue weighted by atomic mass is 9.74. The Morgan fingerprint density at radius 3 is 1.05 bits per heavy atom. The molecule has 4 heteroatoms. The van der Waals surface area contributed by atoms with Crippen molar-refractivity contribution in [1.82, 2.24) is 0 Å². The first-order valence-electron chi connectivity index (χ1n) is 20.9. The van der Waals surface area contributed by atoms with Gasteiger partial charge in [0.15, 0.2) is 0 Å². The Hall–Kier alpha value is -3.37. The molecule has 3 N–H and O–H groups in total. The fourth-order valence-electron chi connectivity index (χ4n) is 7.40. The predicted molar refractivity (Wildman–Crippen MR) is 249 cm³/mol. The summed E-state index contributed by atoms with van der Waals surface area (Å²) in [6.45, 7) is 47.8. The van der Waals surface area contributed by atoms with Crippen LogP contribution in [0.25, 0.3) is 0 Å². The van der Waals surface area contributed by atoms with Gasteiger partial charge in [0.05, 0.1) is 0 Å². The van der Waals surface area contributed by atoms with Gasteiger partial charge in [-0.2, -0.15) is 0 Å². The van der Waals surface area contributed by atoms with Crippen LogP contribution < -0.4 is 0 Å². The Morgan fingerprint density at radius 1 is 0.386 bits per heavy atom. The fourth-order valence-corrected chi connectivity index (χ4v) is 8.43. The summed E-state index contributed by atoms with van der Waals surface area (Å²) >= 11 is 1.81. The second kappa shape index (κ2) is 16.4. The molecule has 3 nitrogen and oxygen atoms in total. The van der Waals surface area contributed by atoms with E-state index in [1.807, 2.05) is 17.8 Å². The minimum atomic E-state index is -0.189. The molecule has 314 valence electrons. The van der Waals surface area contributed by atoms with Gasteiger partial charge in [-0.15, -0.1) is 0 Å². The summed E-state index contributed by atoms with van der Waals surface area (Å²) in [5, 5.41) is 33.2. The molecule has 0 saturated carbocycles. The average molecular weight is 795 g/mol. The van der Waals surface area contributed by atoms with Crippen LogP contribution in [0.2, 0.25) is 0 Å². The number of rotatable bonds is 4. The molecule has 4 rings (SSSR count). The molecule has 0 saturated heterocycles. The number of aromatic hydroxyl groups is 3. The van der Waals surface area contributed by atoms with Gasteiger partial charge in [0.2, 0.25) is 0 Å². The molecule has 0 amide bonds. The molecule has 0 fully saturated rings. The average Bonchev–Trinajstić information content (AvgIpc) is 3.00. The molecule has 0 aliphatic rings. The van der Waals surface area contributed by atoms with Crippen molar-refractivity contribution in [2.45, 2.75) is 201 Å². The molecule has 0 atom stereocenters. The van der Waals surface area contributed by atoms with Crippen molar-refractivity contribution in [2.75, 3.05) is 0 Å². The highest BCUT2D eigenvalue weighted by Crippen LogP contribution is 2.47. The number of aryl methyl sites for hydroxylation is 3. The first-order valence-corrected chi connectivity index (χ1v) is 21.7. The van der Waals surface area contributed by atoms with Gasteiger partial charge in [0, 0.05) is 32.4 Å². The second-order valence-electron chi connectivity index (χ2n) is 22.8. The molecule has 0 bridgehead atoms. The van der Waals surface area contributed by atoms with Crippen LogP contribution in [-0.4, -0.2) is 15.3 Å². The first-order chi connectivity index (χ1) is 25.5. The largest absolute Gasteiger partial charge is 0.508 e. The van der Waals surface area contributed by atoms with Crippen LogP contribution in [0.1, 0.15) is 199 Å². The zero-order chi connectivity index (χ0) is 44.2. The molecule has 0 heterocycles. The first kappa shape index (κ1) is 48.0. The van der Waals surface area contributed by atoms with Gasteiger partial charge in [0.25, 0.3) is 0 Å². The number of hydrogen-bond acceptors (Lipinski definition) is 4. The maximum absolute atomic E-state index is 11.4. The van der Waals surface area contributed by atoms with Crippen LogP contribution in [0.4, 0.5) is 0 Å². The minimum Gasteiger partial charge on any atom is -0.508 e. The maximum Gasteiger partial charge on any atom is 0.123 e. The van der Waals surface area contributed by atoms with Gasteiger partial charge in [-0.1, -0.05) is 174 Å². The summed E-state index contributed by atoms with van der Waals surface area (Å²) in [6.07, 6.45) is 0.